The lowest BCUT2D eigenvalue weighted by Gasteiger charge is -2.08. The number of halogens is 1. The predicted octanol–water partition coefficient (Wildman–Crippen LogP) is 1.70. The maximum absolute atomic E-state index is 11.1. The van der Waals surface area contributed by atoms with Crippen LogP contribution in [0.1, 0.15) is 10.4 Å². The number of carbonyl (C=O) groups is 2. The van der Waals surface area contributed by atoms with Crippen LogP contribution in [-0.2, 0) is 4.79 Å². The van der Waals surface area contributed by atoms with Crippen molar-refractivity contribution in [1.82, 2.24) is 5.48 Å². The summed E-state index contributed by atoms with van der Waals surface area (Å²) in [4.78, 5) is 26.7. The van der Waals surface area contributed by atoms with E-state index in [0.717, 1.165) is 0 Å². The molecule has 0 bridgehead atoms. The minimum Gasteiger partial charge on any atom is -0.478 e. The fourth-order valence-electron chi connectivity index (χ4n) is 0.889. The molecule has 2 N–H and O–H groups in total. The normalized spacial score (nSPS) is 9.31. The average Bonchev–Trinajstić information content (AvgIpc) is 2.25. The van der Waals surface area contributed by atoms with Crippen molar-refractivity contribution < 1.29 is 19.5 Å². The molecule has 1 aromatic carbocycles. The Morgan fingerprint density at radius 1 is 1.38 bits per heavy atom. The van der Waals surface area contributed by atoms with Gasteiger partial charge in [0.15, 0.2) is 5.75 Å². The van der Waals surface area contributed by atoms with Crippen LogP contribution in [0, 0.1) is 0 Å². The molecule has 0 saturated carbocycles. The number of nitrogens with one attached hydrogen (secondary N) is 1. The molecule has 0 aliphatic rings. The van der Waals surface area contributed by atoms with Gasteiger partial charge >= 0.3 is 5.97 Å². The summed E-state index contributed by atoms with van der Waals surface area (Å²) in [5.74, 6) is -1.67. The number of carbonyl (C=O) groups excluding carboxylic acids is 1. The second-order valence-electron chi connectivity index (χ2n) is 2.74. The second kappa shape index (κ2) is 5.32. The molecular formula is C10H8BrNO4. The lowest BCUT2D eigenvalue weighted by atomic mass is 10.2. The minimum absolute atomic E-state index is 0.0389. The largest absolute Gasteiger partial charge is 0.478 e. The number of hydrogen-bond acceptors (Lipinski definition) is 3. The Labute approximate surface area is 99.8 Å². The van der Waals surface area contributed by atoms with Gasteiger partial charge in [0.25, 0.3) is 5.91 Å². The molecule has 16 heavy (non-hydrogen) atoms. The van der Waals surface area contributed by atoms with Gasteiger partial charge in [0, 0.05) is 0 Å². The van der Waals surface area contributed by atoms with E-state index in [9.17, 15) is 9.59 Å². The molecule has 1 aromatic rings. The molecule has 0 fully saturated rings. The van der Waals surface area contributed by atoms with Gasteiger partial charge in [-0.1, -0.05) is 18.7 Å². The zero-order valence-electron chi connectivity index (χ0n) is 8.07. The van der Waals surface area contributed by atoms with E-state index in [1.165, 1.54) is 12.1 Å². The standard InChI is InChI=1S/C10H8BrNO4/c1-6(11)9(13)12-16-8-5-3-2-4-7(8)10(14)15/h2-5H,1H2,(H,12,13)(H,14,15). The topological polar surface area (TPSA) is 75.6 Å². The van der Waals surface area contributed by atoms with E-state index in [4.69, 9.17) is 9.94 Å². The third kappa shape index (κ3) is 3.09. The van der Waals surface area contributed by atoms with Gasteiger partial charge in [-0.15, -0.1) is 0 Å². The smallest absolute Gasteiger partial charge is 0.339 e. The Morgan fingerprint density at radius 3 is 2.56 bits per heavy atom. The molecule has 1 amide bonds. The van der Waals surface area contributed by atoms with Gasteiger partial charge in [0.05, 0.1) is 4.48 Å². The van der Waals surface area contributed by atoms with Gasteiger partial charge in [-0.2, -0.15) is 5.48 Å². The number of hydrogen-bond donors (Lipinski definition) is 2. The lowest BCUT2D eigenvalue weighted by Crippen LogP contribution is -2.27. The van der Waals surface area contributed by atoms with Crippen molar-refractivity contribution in [3.8, 4) is 5.75 Å². The van der Waals surface area contributed by atoms with E-state index >= 15 is 0 Å². The number of hydroxylamine groups is 1. The summed E-state index contributed by atoms with van der Waals surface area (Å²) in [5, 5.41) is 8.82. The first-order valence-corrected chi connectivity index (χ1v) is 4.95. The van der Waals surface area contributed by atoms with Crippen molar-refractivity contribution in [2.75, 3.05) is 0 Å². The van der Waals surface area contributed by atoms with Crippen LogP contribution in [0.25, 0.3) is 0 Å². The van der Waals surface area contributed by atoms with Gasteiger partial charge in [-0.25, -0.2) is 4.79 Å². The summed E-state index contributed by atoms with van der Waals surface area (Å²) >= 11 is 2.86. The zero-order valence-corrected chi connectivity index (χ0v) is 9.65. The summed E-state index contributed by atoms with van der Waals surface area (Å²) in [6.07, 6.45) is 0. The quantitative estimate of drug-likeness (QED) is 0.652. The maximum atomic E-state index is 11.1. The first kappa shape index (κ1) is 12.3. The monoisotopic (exact) mass is 285 g/mol. The van der Waals surface area contributed by atoms with Crippen molar-refractivity contribution in [2.45, 2.75) is 0 Å². The molecular weight excluding hydrogens is 278 g/mol. The molecule has 6 heteroatoms. The van der Waals surface area contributed by atoms with Crippen LogP contribution < -0.4 is 10.3 Å². The molecule has 0 radical (unpaired) electrons. The first-order chi connectivity index (χ1) is 7.52. The van der Waals surface area contributed by atoms with E-state index in [2.05, 4.69) is 22.5 Å². The van der Waals surface area contributed by atoms with Crippen LogP contribution >= 0.6 is 15.9 Å². The highest BCUT2D eigenvalue weighted by Crippen LogP contribution is 2.16. The van der Waals surface area contributed by atoms with Gasteiger partial charge in [-0.3, -0.25) is 4.79 Å². The lowest BCUT2D eigenvalue weighted by molar-refractivity contribution is -0.123. The average molecular weight is 286 g/mol. The second-order valence-corrected chi connectivity index (χ2v) is 3.70. The van der Waals surface area contributed by atoms with Crippen LogP contribution in [-0.4, -0.2) is 17.0 Å². The minimum atomic E-state index is -1.14. The summed E-state index contributed by atoms with van der Waals surface area (Å²) in [6, 6.07) is 5.95. The third-order valence-corrected chi connectivity index (χ3v) is 1.98. The Kier molecular flexibility index (Phi) is 4.07. The number of aromatic carboxylic acids is 1. The van der Waals surface area contributed by atoms with E-state index in [-0.39, 0.29) is 15.8 Å². The fraction of sp³-hybridized carbons (Fsp3) is 0. The van der Waals surface area contributed by atoms with Crippen molar-refractivity contribution in [3.05, 3.63) is 40.9 Å². The van der Waals surface area contributed by atoms with E-state index in [1.807, 2.05) is 5.48 Å². The third-order valence-electron chi connectivity index (χ3n) is 1.62. The molecule has 84 valence electrons. The van der Waals surface area contributed by atoms with E-state index in [0.29, 0.717) is 0 Å². The first-order valence-electron chi connectivity index (χ1n) is 4.16. The Bertz CT molecular complexity index is 444. The molecule has 0 aliphatic heterocycles. The number of benzene rings is 1. The molecule has 0 unspecified atom stereocenters. The van der Waals surface area contributed by atoms with Crippen LogP contribution in [0.15, 0.2) is 35.3 Å². The Hall–Kier alpha value is -1.82. The summed E-state index contributed by atoms with van der Waals surface area (Å²) < 4.78 is 0.0836. The molecule has 0 aromatic heterocycles. The van der Waals surface area contributed by atoms with E-state index < -0.39 is 11.9 Å². The van der Waals surface area contributed by atoms with Crippen molar-refractivity contribution in [1.29, 1.82) is 0 Å². The van der Waals surface area contributed by atoms with Crippen LogP contribution in [0.5, 0.6) is 5.75 Å². The number of para-hydroxylation sites is 1. The molecule has 0 heterocycles. The SMILES string of the molecule is C=C(Br)C(=O)NOc1ccccc1C(=O)O. The molecule has 0 atom stereocenters. The zero-order chi connectivity index (χ0) is 12.1. The Balaban J connectivity index is 2.78. The van der Waals surface area contributed by atoms with Crippen LogP contribution in [0.2, 0.25) is 0 Å². The Morgan fingerprint density at radius 2 is 2.00 bits per heavy atom. The van der Waals surface area contributed by atoms with Crippen molar-refractivity contribution in [3.63, 3.8) is 0 Å². The van der Waals surface area contributed by atoms with Gasteiger partial charge in [0.2, 0.25) is 0 Å². The molecule has 0 spiro atoms. The highest BCUT2D eigenvalue weighted by atomic mass is 79.9. The number of carboxylic acids is 1. The molecule has 0 saturated heterocycles. The van der Waals surface area contributed by atoms with Crippen molar-refractivity contribution >= 4 is 27.8 Å². The highest BCUT2D eigenvalue weighted by Gasteiger charge is 2.11. The number of carboxylic acid groups (broad SMARTS) is 1. The van der Waals surface area contributed by atoms with Gasteiger partial charge in [0.1, 0.15) is 5.56 Å². The summed E-state index contributed by atoms with van der Waals surface area (Å²) in [7, 11) is 0. The molecule has 0 aliphatic carbocycles. The van der Waals surface area contributed by atoms with Gasteiger partial charge < -0.3 is 9.94 Å². The maximum Gasteiger partial charge on any atom is 0.339 e. The van der Waals surface area contributed by atoms with Crippen LogP contribution in [0.3, 0.4) is 0 Å². The molecule has 1 rings (SSSR count). The fourth-order valence-corrected chi connectivity index (χ4v) is 0.970. The highest BCUT2D eigenvalue weighted by molar-refractivity contribution is 9.12. The van der Waals surface area contributed by atoms with Gasteiger partial charge in [-0.05, 0) is 28.1 Å². The number of rotatable bonds is 4. The number of amides is 1. The molecule has 5 nitrogen and oxygen atoms in total. The van der Waals surface area contributed by atoms with Crippen molar-refractivity contribution in [2.24, 2.45) is 0 Å². The predicted molar refractivity (Wildman–Crippen MR) is 60.2 cm³/mol. The van der Waals surface area contributed by atoms with Crippen LogP contribution in [0.4, 0.5) is 0 Å². The summed E-state index contributed by atoms with van der Waals surface area (Å²) in [5.41, 5.74) is 2.01. The summed E-state index contributed by atoms with van der Waals surface area (Å²) in [6.45, 7) is 3.33. The van der Waals surface area contributed by atoms with E-state index in [1.54, 1.807) is 12.1 Å².